The molecule has 1 aliphatic rings. The normalized spacial score (nSPS) is 14.5. The Morgan fingerprint density at radius 3 is 2.24 bits per heavy atom. The zero-order valence-corrected chi connectivity index (χ0v) is 25.5. The van der Waals surface area contributed by atoms with E-state index in [1.807, 2.05) is 38.1 Å². The Balaban J connectivity index is 1.70. The monoisotopic (exact) mass is 591 g/mol. The van der Waals surface area contributed by atoms with Gasteiger partial charge in [0.15, 0.2) is 0 Å². The van der Waals surface area contributed by atoms with Gasteiger partial charge in [-0.1, -0.05) is 79.4 Å². The molecule has 9 heteroatoms. The standard InChI is InChI=1S/C33H41N3O5S/c1-4-41-31-18-12-11-17-30(31)36(42(39,40)29-15-9-6-10-16-29)24-32(37)35(23-27-21-19-25(2)20-22-27)26(3)33(38)34-28-13-7-5-8-14-28/h6,9-12,15-22,26,28H,4-5,7-8,13-14,23-24H2,1-3H3,(H,34,38)/t26-/m1/s1. The molecule has 1 atom stereocenters. The van der Waals surface area contributed by atoms with Crippen LogP contribution in [0.15, 0.2) is 83.8 Å². The van der Waals surface area contributed by atoms with E-state index in [0.29, 0.717) is 12.4 Å². The fourth-order valence-corrected chi connectivity index (χ4v) is 6.66. The van der Waals surface area contributed by atoms with E-state index in [4.69, 9.17) is 4.74 Å². The summed E-state index contributed by atoms with van der Waals surface area (Å²) < 4.78 is 34.9. The van der Waals surface area contributed by atoms with Crippen LogP contribution in [0, 0.1) is 6.92 Å². The predicted molar refractivity (Wildman–Crippen MR) is 165 cm³/mol. The lowest BCUT2D eigenvalue weighted by molar-refractivity contribution is -0.139. The highest BCUT2D eigenvalue weighted by Crippen LogP contribution is 2.33. The van der Waals surface area contributed by atoms with E-state index in [-0.39, 0.29) is 29.1 Å². The van der Waals surface area contributed by atoms with E-state index >= 15 is 0 Å². The second-order valence-electron chi connectivity index (χ2n) is 10.8. The Hall–Kier alpha value is -3.85. The van der Waals surface area contributed by atoms with E-state index in [9.17, 15) is 18.0 Å². The first kappa shape index (κ1) is 31.1. The average molecular weight is 592 g/mol. The minimum Gasteiger partial charge on any atom is -0.492 e. The van der Waals surface area contributed by atoms with Gasteiger partial charge in [0.05, 0.1) is 17.2 Å². The summed E-state index contributed by atoms with van der Waals surface area (Å²) >= 11 is 0. The molecule has 0 aliphatic heterocycles. The van der Waals surface area contributed by atoms with Crippen molar-refractivity contribution in [2.24, 2.45) is 0 Å². The number of nitrogens with one attached hydrogen (secondary N) is 1. The number of aryl methyl sites for hydroxylation is 1. The molecule has 1 N–H and O–H groups in total. The van der Waals surface area contributed by atoms with Crippen LogP contribution in [0.25, 0.3) is 0 Å². The molecule has 0 unspecified atom stereocenters. The Morgan fingerprint density at radius 1 is 0.929 bits per heavy atom. The number of rotatable bonds is 12. The van der Waals surface area contributed by atoms with E-state index in [0.717, 1.165) is 47.5 Å². The first-order chi connectivity index (χ1) is 20.2. The molecule has 8 nitrogen and oxygen atoms in total. The van der Waals surface area contributed by atoms with E-state index < -0.39 is 28.5 Å². The highest BCUT2D eigenvalue weighted by molar-refractivity contribution is 7.92. The first-order valence-corrected chi connectivity index (χ1v) is 16.1. The van der Waals surface area contributed by atoms with Crippen molar-refractivity contribution < 1.29 is 22.7 Å². The highest BCUT2D eigenvalue weighted by atomic mass is 32.2. The number of nitrogens with zero attached hydrogens (tertiary/aromatic N) is 2. The zero-order valence-electron chi connectivity index (χ0n) is 24.7. The van der Waals surface area contributed by atoms with Crippen molar-refractivity contribution in [1.29, 1.82) is 0 Å². The van der Waals surface area contributed by atoms with Gasteiger partial charge in [0, 0.05) is 12.6 Å². The largest absolute Gasteiger partial charge is 0.492 e. The van der Waals surface area contributed by atoms with Crippen molar-refractivity contribution in [2.45, 2.75) is 76.4 Å². The Bertz CT molecular complexity index is 1440. The topological polar surface area (TPSA) is 96.0 Å². The van der Waals surface area contributed by atoms with Crippen molar-refractivity contribution in [3.63, 3.8) is 0 Å². The van der Waals surface area contributed by atoms with Crippen LogP contribution in [-0.4, -0.2) is 50.4 Å². The number of benzene rings is 3. The van der Waals surface area contributed by atoms with Crippen molar-refractivity contribution in [2.75, 3.05) is 17.5 Å². The Morgan fingerprint density at radius 2 is 1.57 bits per heavy atom. The summed E-state index contributed by atoms with van der Waals surface area (Å²) in [6.45, 7) is 5.47. The van der Waals surface area contributed by atoms with E-state index in [1.54, 1.807) is 49.4 Å². The van der Waals surface area contributed by atoms with Gasteiger partial charge >= 0.3 is 0 Å². The number of amides is 2. The van der Waals surface area contributed by atoms with E-state index in [2.05, 4.69) is 5.32 Å². The lowest BCUT2D eigenvalue weighted by atomic mass is 9.95. The molecular weight excluding hydrogens is 550 g/mol. The quantitative estimate of drug-likeness (QED) is 0.302. The maximum atomic E-state index is 14.2. The van der Waals surface area contributed by atoms with E-state index in [1.165, 1.54) is 17.0 Å². The number of anilines is 1. The van der Waals surface area contributed by atoms with Gasteiger partial charge in [0.2, 0.25) is 11.8 Å². The number of carbonyl (C=O) groups is 2. The van der Waals surface area contributed by atoms with Crippen LogP contribution in [0.3, 0.4) is 0 Å². The fraction of sp³-hybridized carbons (Fsp3) is 0.394. The maximum Gasteiger partial charge on any atom is 0.264 e. The van der Waals surface area contributed by atoms with Crippen LogP contribution < -0.4 is 14.4 Å². The van der Waals surface area contributed by atoms with Crippen LogP contribution >= 0.6 is 0 Å². The fourth-order valence-electron chi connectivity index (χ4n) is 5.22. The summed E-state index contributed by atoms with van der Waals surface area (Å²) in [5.41, 5.74) is 2.18. The number of hydrogen-bond acceptors (Lipinski definition) is 5. The van der Waals surface area contributed by atoms with Crippen molar-refractivity contribution >= 4 is 27.5 Å². The molecule has 3 aromatic rings. The van der Waals surface area contributed by atoms with Gasteiger partial charge in [0.25, 0.3) is 10.0 Å². The molecule has 4 rings (SSSR count). The summed E-state index contributed by atoms with van der Waals surface area (Å²) in [7, 11) is -4.17. The summed E-state index contributed by atoms with van der Waals surface area (Å²) in [5.74, 6) is -0.386. The summed E-state index contributed by atoms with van der Waals surface area (Å²) in [6, 6.07) is 21.8. The molecule has 42 heavy (non-hydrogen) atoms. The number of para-hydroxylation sites is 2. The second-order valence-corrected chi connectivity index (χ2v) is 12.6. The van der Waals surface area contributed by atoms with Crippen molar-refractivity contribution in [3.8, 4) is 5.75 Å². The molecule has 0 saturated heterocycles. The SMILES string of the molecule is CCOc1ccccc1N(CC(=O)N(Cc1ccc(C)cc1)[C@H](C)C(=O)NC1CCCCC1)S(=O)(=O)c1ccccc1. The van der Waals surface area contributed by atoms with Gasteiger partial charge in [0.1, 0.15) is 18.3 Å². The second kappa shape index (κ2) is 14.4. The lowest BCUT2D eigenvalue weighted by Gasteiger charge is -2.33. The number of ether oxygens (including phenoxy) is 1. The van der Waals surface area contributed by atoms with Gasteiger partial charge in [-0.3, -0.25) is 13.9 Å². The van der Waals surface area contributed by atoms with Gasteiger partial charge < -0.3 is 15.0 Å². The molecule has 3 aromatic carbocycles. The maximum absolute atomic E-state index is 14.2. The minimum atomic E-state index is -4.17. The minimum absolute atomic E-state index is 0.0530. The molecule has 0 spiro atoms. The van der Waals surface area contributed by atoms with Crippen LogP contribution in [0.2, 0.25) is 0 Å². The van der Waals surface area contributed by atoms with Crippen LogP contribution in [0.1, 0.15) is 57.1 Å². The summed E-state index contributed by atoms with van der Waals surface area (Å²) in [4.78, 5) is 29.2. The number of carbonyl (C=O) groups excluding carboxylic acids is 2. The molecular formula is C33H41N3O5S. The van der Waals surface area contributed by atoms with Crippen LogP contribution in [0.5, 0.6) is 5.75 Å². The highest BCUT2D eigenvalue weighted by Gasteiger charge is 2.34. The molecule has 0 aromatic heterocycles. The molecule has 1 saturated carbocycles. The third kappa shape index (κ3) is 7.70. The first-order valence-electron chi connectivity index (χ1n) is 14.7. The third-order valence-corrected chi connectivity index (χ3v) is 9.41. The summed E-state index contributed by atoms with van der Waals surface area (Å²) in [6.07, 6.45) is 5.13. The molecule has 0 heterocycles. The summed E-state index contributed by atoms with van der Waals surface area (Å²) in [5, 5.41) is 3.13. The molecule has 1 aliphatic carbocycles. The molecule has 224 valence electrons. The van der Waals surface area contributed by atoms with Crippen LogP contribution in [-0.2, 0) is 26.2 Å². The Kier molecular flexibility index (Phi) is 10.6. The van der Waals surface area contributed by atoms with Crippen LogP contribution in [0.4, 0.5) is 5.69 Å². The zero-order chi connectivity index (χ0) is 30.1. The molecule has 1 fully saturated rings. The lowest BCUT2D eigenvalue weighted by Crippen LogP contribution is -2.53. The van der Waals surface area contributed by atoms with Gasteiger partial charge in [-0.25, -0.2) is 8.42 Å². The molecule has 0 bridgehead atoms. The van der Waals surface area contributed by atoms with Gasteiger partial charge in [-0.15, -0.1) is 0 Å². The number of sulfonamides is 1. The van der Waals surface area contributed by atoms with Gasteiger partial charge in [-0.2, -0.15) is 0 Å². The third-order valence-electron chi connectivity index (χ3n) is 7.64. The Labute approximate surface area is 249 Å². The average Bonchev–Trinajstić information content (AvgIpc) is 3.00. The van der Waals surface area contributed by atoms with Crippen molar-refractivity contribution in [1.82, 2.24) is 10.2 Å². The van der Waals surface area contributed by atoms with Gasteiger partial charge in [-0.05, 0) is 63.4 Å². The molecule has 0 radical (unpaired) electrons. The smallest absolute Gasteiger partial charge is 0.264 e. The predicted octanol–water partition coefficient (Wildman–Crippen LogP) is 5.46. The number of hydrogen-bond donors (Lipinski definition) is 1. The molecule has 2 amide bonds. The van der Waals surface area contributed by atoms with Crippen molar-refractivity contribution in [3.05, 3.63) is 90.0 Å².